The lowest BCUT2D eigenvalue weighted by atomic mass is 9.88. The molecule has 1 aromatic rings. The van der Waals surface area contributed by atoms with Gasteiger partial charge in [0.1, 0.15) is 30.2 Å². The van der Waals surface area contributed by atoms with Crippen LogP contribution in [0, 0.1) is 0 Å². The highest BCUT2D eigenvalue weighted by atomic mass is 16.7. The van der Waals surface area contributed by atoms with Crippen molar-refractivity contribution in [3.8, 4) is 5.75 Å². The van der Waals surface area contributed by atoms with Crippen molar-refractivity contribution in [2.24, 2.45) is 0 Å². The molecule has 8 heteroatoms. The van der Waals surface area contributed by atoms with Crippen LogP contribution in [-0.4, -0.2) is 62.5 Å². The Kier molecular flexibility index (Phi) is 11.0. The smallest absolute Gasteiger partial charge is 0.311 e. The maximum Gasteiger partial charge on any atom is 0.311 e. The minimum absolute atomic E-state index is 0.0909. The first-order valence-electron chi connectivity index (χ1n) is 11.7. The summed E-state index contributed by atoms with van der Waals surface area (Å²) < 4.78 is 10.6. The van der Waals surface area contributed by atoms with Crippen LogP contribution in [0.3, 0.4) is 0 Å². The van der Waals surface area contributed by atoms with E-state index in [1.807, 2.05) is 0 Å². The largest absolute Gasteiger partial charge is 0.427 e. The Bertz CT molecular complexity index is 677. The third-order valence-corrected chi connectivity index (χ3v) is 5.95. The minimum atomic E-state index is -2.33. The van der Waals surface area contributed by atoms with Gasteiger partial charge in [0, 0.05) is 12.0 Å². The number of carbonyl (C=O) groups is 1. The van der Waals surface area contributed by atoms with Gasteiger partial charge in [0.15, 0.2) is 0 Å². The van der Waals surface area contributed by atoms with Crippen molar-refractivity contribution in [3.63, 3.8) is 0 Å². The molecule has 182 valence electrons. The summed E-state index contributed by atoms with van der Waals surface area (Å²) in [7, 11) is 0. The fourth-order valence-corrected chi connectivity index (χ4v) is 3.92. The van der Waals surface area contributed by atoms with E-state index in [2.05, 4.69) is 6.92 Å². The molecule has 0 spiro atoms. The molecule has 0 radical (unpaired) electrons. The van der Waals surface area contributed by atoms with Gasteiger partial charge in [-0.15, -0.1) is 0 Å². The molecule has 1 fully saturated rings. The van der Waals surface area contributed by atoms with Crippen molar-refractivity contribution in [2.75, 3.05) is 6.61 Å². The van der Waals surface area contributed by atoms with Gasteiger partial charge >= 0.3 is 5.97 Å². The molecule has 1 aliphatic heterocycles. The van der Waals surface area contributed by atoms with Gasteiger partial charge < -0.3 is 35.0 Å². The first-order chi connectivity index (χ1) is 15.3. The van der Waals surface area contributed by atoms with Gasteiger partial charge in [-0.3, -0.25) is 4.79 Å². The number of aliphatic hydroxyl groups excluding tert-OH is 4. The van der Waals surface area contributed by atoms with Crippen LogP contribution in [0.15, 0.2) is 24.3 Å². The molecule has 5 atom stereocenters. The number of unbranched alkanes of at least 4 members (excludes halogenated alkanes) is 8. The predicted molar refractivity (Wildman–Crippen MR) is 118 cm³/mol. The van der Waals surface area contributed by atoms with Crippen LogP contribution < -0.4 is 4.74 Å². The van der Waals surface area contributed by atoms with Gasteiger partial charge in [-0.1, -0.05) is 58.3 Å². The highest BCUT2D eigenvalue weighted by Crippen LogP contribution is 2.36. The normalized spacial score (nSPS) is 27.9. The topological polar surface area (TPSA) is 137 Å². The average Bonchev–Trinajstić information content (AvgIpc) is 2.79. The Balaban J connectivity index is 1.78. The molecule has 0 aliphatic carbocycles. The second-order valence-corrected chi connectivity index (χ2v) is 8.54. The summed E-state index contributed by atoms with van der Waals surface area (Å²) >= 11 is 0. The molecule has 1 aromatic carbocycles. The number of carbonyl (C=O) groups excluding carboxylic acids is 1. The van der Waals surface area contributed by atoms with Crippen molar-refractivity contribution in [2.45, 2.75) is 101 Å². The number of benzene rings is 1. The number of hydrogen-bond donors (Lipinski definition) is 5. The lowest BCUT2D eigenvalue weighted by Crippen LogP contribution is -2.63. The standard InChI is InChI=1S/C24H38O8/c1-2-3-4-5-6-7-8-9-10-11-20(26)31-18-14-12-17(13-15-18)24(30)23(29)22(28)21(27)19(16-25)32-24/h12-15,19,21-23,25,27-30H,2-11,16H2,1H3/t19-,21-,22+,23-,24-/m1/s1. The number of aliphatic hydroxyl groups is 5. The zero-order valence-corrected chi connectivity index (χ0v) is 18.9. The van der Waals surface area contributed by atoms with E-state index in [0.717, 1.165) is 19.3 Å². The maximum absolute atomic E-state index is 12.1. The van der Waals surface area contributed by atoms with Crippen LogP contribution in [0.1, 0.15) is 76.7 Å². The maximum atomic E-state index is 12.1. The van der Waals surface area contributed by atoms with Crippen molar-refractivity contribution in [1.82, 2.24) is 0 Å². The van der Waals surface area contributed by atoms with E-state index < -0.39 is 36.8 Å². The Morgan fingerprint density at radius 3 is 2.06 bits per heavy atom. The summed E-state index contributed by atoms with van der Waals surface area (Å²) in [4.78, 5) is 12.1. The first kappa shape index (κ1) is 26.7. The molecule has 1 saturated heterocycles. The summed E-state index contributed by atoms with van der Waals surface area (Å²) in [5.74, 6) is -2.39. The fraction of sp³-hybridized carbons (Fsp3) is 0.708. The van der Waals surface area contributed by atoms with E-state index in [-0.39, 0.29) is 17.3 Å². The van der Waals surface area contributed by atoms with Crippen LogP contribution in [0.2, 0.25) is 0 Å². The third kappa shape index (κ3) is 7.23. The number of hydrogen-bond acceptors (Lipinski definition) is 8. The molecule has 0 unspecified atom stereocenters. The Morgan fingerprint density at radius 1 is 0.938 bits per heavy atom. The highest BCUT2D eigenvalue weighted by molar-refractivity contribution is 5.72. The summed E-state index contributed by atoms with van der Waals surface area (Å²) in [6.45, 7) is 1.55. The van der Waals surface area contributed by atoms with Crippen molar-refractivity contribution in [3.05, 3.63) is 29.8 Å². The van der Waals surface area contributed by atoms with Gasteiger partial charge in [-0.25, -0.2) is 0 Å². The van der Waals surface area contributed by atoms with Crippen LogP contribution in [0.5, 0.6) is 5.75 Å². The SMILES string of the molecule is CCCCCCCCCCCC(=O)Oc1ccc([C@@]2(O)O[C@H](CO)[C@@H](O)[C@H](O)[C@H]2O)cc1. The predicted octanol–water partition coefficient (Wildman–Crippen LogP) is 2.13. The Labute approximate surface area is 189 Å². The van der Waals surface area contributed by atoms with Crippen molar-refractivity contribution in [1.29, 1.82) is 0 Å². The third-order valence-electron chi connectivity index (χ3n) is 5.95. The second-order valence-electron chi connectivity index (χ2n) is 8.54. The second kappa shape index (κ2) is 13.2. The van der Waals surface area contributed by atoms with E-state index in [1.54, 1.807) is 0 Å². The van der Waals surface area contributed by atoms with E-state index in [0.29, 0.717) is 6.42 Å². The number of esters is 1. The highest BCUT2D eigenvalue weighted by Gasteiger charge is 2.53. The number of ether oxygens (including phenoxy) is 2. The minimum Gasteiger partial charge on any atom is -0.427 e. The van der Waals surface area contributed by atoms with Crippen molar-refractivity contribution < 1.29 is 39.8 Å². The van der Waals surface area contributed by atoms with E-state index in [1.165, 1.54) is 62.8 Å². The summed E-state index contributed by atoms with van der Waals surface area (Å²) in [6, 6.07) is 5.68. The average molecular weight is 455 g/mol. The molecule has 0 saturated carbocycles. The summed E-state index contributed by atoms with van der Waals surface area (Å²) in [5, 5.41) is 50.1. The Morgan fingerprint density at radius 2 is 1.50 bits per heavy atom. The summed E-state index contributed by atoms with van der Waals surface area (Å²) in [6.07, 6.45) is 4.42. The fourth-order valence-electron chi connectivity index (χ4n) is 3.92. The lowest BCUT2D eigenvalue weighted by molar-refractivity contribution is -0.357. The molecule has 1 heterocycles. The molecule has 1 aliphatic rings. The van der Waals surface area contributed by atoms with E-state index >= 15 is 0 Å². The van der Waals surface area contributed by atoms with E-state index in [4.69, 9.17) is 9.47 Å². The number of rotatable bonds is 13. The molecule has 0 bridgehead atoms. The van der Waals surface area contributed by atoms with Gasteiger partial charge in [0.05, 0.1) is 6.61 Å². The van der Waals surface area contributed by atoms with Crippen LogP contribution in [0.4, 0.5) is 0 Å². The summed E-state index contributed by atoms with van der Waals surface area (Å²) in [5.41, 5.74) is 0.0909. The molecular weight excluding hydrogens is 416 g/mol. The van der Waals surface area contributed by atoms with Crippen molar-refractivity contribution >= 4 is 5.97 Å². The van der Waals surface area contributed by atoms with Crippen LogP contribution in [0.25, 0.3) is 0 Å². The molecule has 5 N–H and O–H groups in total. The first-order valence-corrected chi connectivity index (χ1v) is 11.7. The molecular formula is C24H38O8. The zero-order chi connectivity index (χ0) is 23.6. The zero-order valence-electron chi connectivity index (χ0n) is 18.9. The van der Waals surface area contributed by atoms with Gasteiger partial charge in [0.2, 0.25) is 5.79 Å². The van der Waals surface area contributed by atoms with Gasteiger partial charge in [0.25, 0.3) is 0 Å². The monoisotopic (exact) mass is 454 g/mol. The molecule has 32 heavy (non-hydrogen) atoms. The quantitative estimate of drug-likeness (QED) is 0.174. The van der Waals surface area contributed by atoms with Crippen LogP contribution in [-0.2, 0) is 15.3 Å². The van der Waals surface area contributed by atoms with Crippen LogP contribution >= 0.6 is 0 Å². The molecule has 2 rings (SSSR count). The van der Waals surface area contributed by atoms with E-state index in [9.17, 15) is 30.3 Å². The van der Waals surface area contributed by atoms with Gasteiger partial charge in [-0.2, -0.15) is 0 Å². The molecule has 0 aromatic heterocycles. The molecule has 8 nitrogen and oxygen atoms in total. The molecule has 0 amide bonds. The Hall–Kier alpha value is -1.55. The van der Waals surface area contributed by atoms with Gasteiger partial charge in [-0.05, 0) is 30.7 Å². The lowest BCUT2D eigenvalue weighted by Gasteiger charge is -2.45.